The first-order chi connectivity index (χ1) is 5.58. The quantitative estimate of drug-likeness (QED) is 0.298. The lowest BCUT2D eigenvalue weighted by Gasteiger charge is -2.14. The fourth-order valence-corrected chi connectivity index (χ4v) is 1.57. The maximum absolute atomic E-state index is 11.1. The zero-order valence-corrected chi connectivity index (χ0v) is 7.99. The highest BCUT2D eigenvalue weighted by atomic mass is 31.2. The van der Waals surface area contributed by atoms with Crippen LogP contribution in [0.4, 0.5) is 0 Å². The first kappa shape index (κ1) is 11.8. The van der Waals surface area contributed by atoms with Gasteiger partial charge in [-0.3, -0.25) is 4.57 Å². The molecule has 72 valence electrons. The molecule has 12 heavy (non-hydrogen) atoms. The van der Waals surface area contributed by atoms with Gasteiger partial charge < -0.3 is 9.69 Å². The second kappa shape index (κ2) is 5.43. The van der Waals surface area contributed by atoms with Crippen molar-refractivity contribution in [2.75, 3.05) is 6.61 Å². The highest BCUT2D eigenvalue weighted by Gasteiger charge is 2.31. The second-order valence-electron chi connectivity index (χ2n) is 2.16. The fraction of sp³-hybridized carbons (Fsp3) is 0.833. The van der Waals surface area contributed by atoms with Crippen molar-refractivity contribution in [2.24, 2.45) is 0 Å². The number of carbonyl (C=O) groups excluding carboxylic acids is 1. The molecule has 2 unspecified atom stereocenters. The molecule has 0 aliphatic heterocycles. The summed E-state index contributed by atoms with van der Waals surface area (Å²) in [5.74, 6) is 0. The van der Waals surface area contributed by atoms with Gasteiger partial charge in [0.15, 0.2) is 0 Å². The van der Waals surface area contributed by atoms with Crippen molar-refractivity contribution in [3.63, 3.8) is 0 Å². The highest BCUT2D eigenvalue weighted by Crippen LogP contribution is 2.47. The molecule has 0 aromatic carbocycles. The van der Waals surface area contributed by atoms with Crippen LogP contribution >= 0.6 is 7.60 Å². The van der Waals surface area contributed by atoms with Gasteiger partial charge >= 0.3 is 7.60 Å². The topological polar surface area (TPSA) is 72.8 Å². The molecule has 0 aliphatic rings. The summed E-state index contributed by atoms with van der Waals surface area (Å²) < 4.78 is 15.3. The Kier molecular flexibility index (Phi) is 5.33. The van der Waals surface area contributed by atoms with Crippen LogP contribution in [0.1, 0.15) is 20.3 Å². The Hall–Kier alpha value is -0.220. The lowest BCUT2D eigenvalue weighted by atomic mass is 10.4. The van der Waals surface area contributed by atoms with E-state index in [9.17, 15) is 9.36 Å². The number of hydrogen-bond donors (Lipinski definition) is 1. The van der Waals surface area contributed by atoms with Crippen molar-refractivity contribution >= 4 is 13.9 Å². The van der Waals surface area contributed by atoms with E-state index >= 15 is 0 Å². The predicted octanol–water partition coefficient (Wildman–Crippen LogP) is 1.12. The summed E-state index contributed by atoms with van der Waals surface area (Å²) in [4.78, 5) is 23.7. The Morgan fingerprint density at radius 1 is 1.58 bits per heavy atom. The SMILES string of the molecule is CCOOP(=O)(O)C(C=O)CC. The van der Waals surface area contributed by atoms with Gasteiger partial charge in [0, 0.05) is 0 Å². The summed E-state index contributed by atoms with van der Waals surface area (Å²) in [6, 6.07) is 0. The molecule has 0 spiro atoms. The normalized spacial score (nSPS) is 18.2. The van der Waals surface area contributed by atoms with Crippen molar-refractivity contribution in [1.29, 1.82) is 0 Å². The van der Waals surface area contributed by atoms with E-state index in [2.05, 4.69) is 9.56 Å². The Morgan fingerprint density at radius 2 is 2.17 bits per heavy atom. The third-order valence-electron chi connectivity index (χ3n) is 1.27. The van der Waals surface area contributed by atoms with Crippen molar-refractivity contribution in [1.82, 2.24) is 0 Å². The standard InChI is InChI=1S/C6H13O5P/c1-3-6(5-7)12(8,9)11-10-4-2/h5-6H,3-4H2,1-2H3,(H,8,9). The minimum Gasteiger partial charge on any atom is -0.322 e. The maximum Gasteiger partial charge on any atom is 0.365 e. The van der Waals surface area contributed by atoms with Crippen LogP contribution in [0.5, 0.6) is 0 Å². The molecule has 2 atom stereocenters. The van der Waals surface area contributed by atoms with Crippen molar-refractivity contribution in [2.45, 2.75) is 25.9 Å². The molecule has 6 heteroatoms. The summed E-state index contributed by atoms with van der Waals surface area (Å²) in [5, 5.41) is 0. The monoisotopic (exact) mass is 196 g/mol. The Balaban J connectivity index is 4.15. The van der Waals surface area contributed by atoms with E-state index in [-0.39, 0.29) is 13.0 Å². The largest absolute Gasteiger partial charge is 0.365 e. The molecule has 0 radical (unpaired) electrons. The van der Waals surface area contributed by atoms with Crippen LogP contribution in [0.2, 0.25) is 0 Å². The molecule has 0 rings (SSSR count). The zero-order valence-electron chi connectivity index (χ0n) is 7.10. The summed E-state index contributed by atoms with van der Waals surface area (Å²) in [6.45, 7) is 3.40. The van der Waals surface area contributed by atoms with Gasteiger partial charge in [-0.15, -0.1) is 4.67 Å². The second-order valence-corrected chi connectivity index (χ2v) is 4.10. The molecule has 0 aliphatic carbocycles. The van der Waals surface area contributed by atoms with Gasteiger partial charge in [0.05, 0.1) is 6.61 Å². The molecule has 0 aromatic rings. The van der Waals surface area contributed by atoms with E-state index in [1.54, 1.807) is 13.8 Å². The smallest absolute Gasteiger partial charge is 0.322 e. The molecular weight excluding hydrogens is 183 g/mol. The molecule has 0 heterocycles. The predicted molar refractivity (Wildman–Crippen MR) is 42.7 cm³/mol. The highest BCUT2D eigenvalue weighted by molar-refractivity contribution is 7.54. The molecule has 0 saturated carbocycles. The minimum atomic E-state index is -3.91. The Morgan fingerprint density at radius 3 is 2.50 bits per heavy atom. The summed E-state index contributed by atoms with van der Waals surface area (Å²) in [6.07, 6.45) is 0.657. The number of aldehydes is 1. The number of hydrogen-bond acceptors (Lipinski definition) is 4. The molecular formula is C6H13O5P. The van der Waals surface area contributed by atoms with Crippen molar-refractivity contribution in [3.8, 4) is 0 Å². The molecule has 0 saturated heterocycles. The summed E-state index contributed by atoms with van der Waals surface area (Å²) in [5.41, 5.74) is -0.996. The van der Waals surface area contributed by atoms with Crippen LogP contribution in [0, 0.1) is 0 Å². The van der Waals surface area contributed by atoms with Gasteiger partial charge in [0.1, 0.15) is 11.9 Å². The molecule has 0 aromatic heterocycles. The van der Waals surface area contributed by atoms with Gasteiger partial charge in [-0.25, -0.2) is 4.89 Å². The van der Waals surface area contributed by atoms with Crippen LogP contribution in [0.3, 0.4) is 0 Å². The lowest BCUT2D eigenvalue weighted by molar-refractivity contribution is -0.209. The average Bonchev–Trinajstić information content (AvgIpc) is 2.03. The van der Waals surface area contributed by atoms with E-state index < -0.39 is 13.3 Å². The minimum absolute atomic E-state index is 0.167. The van der Waals surface area contributed by atoms with Gasteiger partial charge in [0.25, 0.3) is 0 Å². The molecule has 1 N–H and O–H groups in total. The third kappa shape index (κ3) is 3.45. The van der Waals surface area contributed by atoms with E-state index in [0.29, 0.717) is 6.29 Å². The number of rotatable bonds is 6. The van der Waals surface area contributed by atoms with Crippen molar-refractivity contribution < 1.29 is 23.8 Å². The van der Waals surface area contributed by atoms with Crippen LogP contribution in [0.15, 0.2) is 0 Å². The van der Waals surface area contributed by atoms with E-state index in [4.69, 9.17) is 4.89 Å². The summed E-state index contributed by atoms with van der Waals surface area (Å²) >= 11 is 0. The van der Waals surface area contributed by atoms with Gasteiger partial charge in [-0.05, 0) is 13.3 Å². The van der Waals surface area contributed by atoms with Gasteiger partial charge in [0.2, 0.25) is 0 Å². The van der Waals surface area contributed by atoms with Gasteiger partial charge in [-0.1, -0.05) is 6.92 Å². The molecule has 5 nitrogen and oxygen atoms in total. The molecule has 0 bridgehead atoms. The van der Waals surface area contributed by atoms with Crippen LogP contribution in [0.25, 0.3) is 0 Å². The zero-order chi connectivity index (χ0) is 9.61. The summed E-state index contributed by atoms with van der Waals surface area (Å²) in [7, 11) is -3.91. The van der Waals surface area contributed by atoms with E-state index in [1.165, 1.54) is 0 Å². The Bertz CT molecular complexity index is 181. The number of carbonyl (C=O) groups is 1. The third-order valence-corrected chi connectivity index (χ3v) is 2.92. The van der Waals surface area contributed by atoms with Gasteiger partial charge in [-0.2, -0.15) is 0 Å². The maximum atomic E-state index is 11.1. The van der Waals surface area contributed by atoms with E-state index in [0.717, 1.165) is 0 Å². The fourth-order valence-electron chi connectivity index (χ4n) is 0.587. The first-order valence-electron chi connectivity index (χ1n) is 3.67. The van der Waals surface area contributed by atoms with Crippen LogP contribution in [-0.4, -0.2) is 23.4 Å². The van der Waals surface area contributed by atoms with Crippen molar-refractivity contribution in [3.05, 3.63) is 0 Å². The first-order valence-corrected chi connectivity index (χ1v) is 5.32. The molecule has 0 fully saturated rings. The lowest BCUT2D eigenvalue weighted by Crippen LogP contribution is -2.11. The average molecular weight is 196 g/mol. The van der Waals surface area contributed by atoms with E-state index in [1.807, 2.05) is 0 Å². The Labute approximate surface area is 71.1 Å². The molecule has 0 amide bonds. The van der Waals surface area contributed by atoms with Crippen LogP contribution in [-0.2, 0) is 18.9 Å². The van der Waals surface area contributed by atoms with Crippen LogP contribution < -0.4 is 0 Å².